The van der Waals surface area contributed by atoms with Crippen LogP contribution in [0.5, 0.6) is 5.75 Å². The monoisotopic (exact) mass is 281 g/mol. The summed E-state index contributed by atoms with van der Waals surface area (Å²) in [6.07, 6.45) is 2.54. The minimum Gasteiger partial charge on any atom is -0.488 e. The Morgan fingerprint density at radius 3 is 2.29 bits per heavy atom. The fourth-order valence-electron chi connectivity index (χ4n) is 2.86. The van der Waals surface area contributed by atoms with Crippen molar-refractivity contribution in [3.8, 4) is 5.75 Å². The van der Waals surface area contributed by atoms with Crippen molar-refractivity contribution in [3.05, 3.63) is 64.7 Å². The standard InChI is InChI=1S/C19H23NO/c1-13-10-17(18(20)16-8-9-16)11-14(2)19(13)21-12-15-6-4-3-5-7-15/h3-7,10-11,16,18H,8-9,12,20H2,1-2H3. The maximum atomic E-state index is 6.31. The van der Waals surface area contributed by atoms with E-state index in [9.17, 15) is 0 Å². The molecule has 0 spiro atoms. The van der Waals surface area contributed by atoms with Crippen LogP contribution in [0.25, 0.3) is 0 Å². The van der Waals surface area contributed by atoms with Gasteiger partial charge in [0.2, 0.25) is 0 Å². The highest BCUT2D eigenvalue weighted by molar-refractivity contribution is 5.44. The number of nitrogens with two attached hydrogens (primary N) is 1. The van der Waals surface area contributed by atoms with E-state index in [1.165, 1.54) is 35.1 Å². The normalized spacial score (nSPS) is 15.8. The third-order valence-corrected chi connectivity index (χ3v) is 4.22. The van der Waals surface area contributed by atoms with Gasteiger partial charge in [-0.1, -0.05) is 42.5 Å². The Morgan fingerprint density at radius 1 is 1.10 bits per heavy atom. The van der Waals surface area contributed by atoms with Gasteiger partial charge in [0.05, 0.1) is 0 Å². The van der Waals surface area contributed by atoms with Crippen LogP contribution < -0.4 is 10.5 Å². The van der Waals surface area contributed by atoms with Gasteiger partial charge in [-0.05, 0) is 54.9 Å². The van der Waals surface area contributed by atoms with E-state index in [1.807, 2.05) is 18.2 Å². The van der Waals surface area contributed by atoms with Crippen LogP contribution in [0, 0.1) is 19.8 Å². The summed E-state index contributed by atoms with van der Waals surface area (Å²) in [7, 11) is 0. The molecular formula is C19H23NO. The molecule has 2 aromatic rings. The Balaban J connectivity index is 1.76. The molecule has 0 amide bonds. The van der Waals surface area contributed by atoms with Gasteiger partial charge in [-0.2, -0.15) is 0 Å². The van der Waals surface area contributed by atoms with Crippen LogP contribution in [0.15, 0.2) is 42.5 Å². The molecule has 2 aromatic carbocycles. The van der Waals surface area contributed by atoms with E-state index in [4.69, 9.17) is 10.5 Å². The van der Waals surface area contributed by atoms with Gasteiger partial charge >= 0.3 is 0 Å². The highest BCUT2D eigenvalue weighted by Gasteiger charge is 2.29. The molecule has 0 aromatic heterocycles. The second-order valence-electron chi connectivity index (χ2n) is 6.12. The van der Waals surface area contributed by atoms with Crippen LogP contribution in [-0.4, -0.2) is 0 Å². The Bertz CT molecular complexity index is 594. The number of ether oxygens (including phenoxy) is 1. The quantitative estimate of drug-likeness (QED) is 0.887. The van der Waals surface area contributed by atoms with Crippen molar-refractivity contribution in [3.63, 3.8) is 0 Å². The third-order valence-electron chi connectivity index (χ3n) is 4.22. The fourth-order valence-corrected chi connectivity index (χ4v) is 2.86. The van der Waals surface area contributed by atoms with Crippen molar-refractivity contribution in [2.24, 2.45) is 11.7 Å². The second kappa shape index (κ2) is 5.90. The highest BCUT2D eigenvalue weighted by Crippen LogP contribution is 2.40. The van der Waals surface area contributed by atoms with Crippen molar-refractivity contribution in [2.45, 2.75) is 39.3 Å². The zero-order valence-corrected chi connectivity index (χ0v) is 12.8. The molecule has 1 saturated carbocycles. The fraction of sp³-hybridized carbons (Fsp3) is 0.368. The molecule has 0 aliphatic heterocycles. The summed E-state index contributed by atoms with van der Waals surface area (Å²) in [5, 5.41) is 0. The molecule has 2 nitrogen and oxygen atoms in total. The van der Waals surface area contributed by atoms with Crippen LogP contribution in [0.3, 0.4) is 0 Å². The molecule has 1 aliphatic carbocycles. The number of rotatable bonds is 5. The number of hydrogen-bond acceptors (Lipinski definition) is 2. The lowest BCUT2D eigenvalue weighted by atomic mass is 9.98. The Morgan fingerprint density at radius 2 is 1.71 bits per heavy atom. The SMILES string of the molecule is Cc1cc(C(N)C2CC2)cc(C)c1OCc1ccccc1. The van der Waals surface area contributed by atoms with Crippen LogP contribution in [0.4, 0.5) is 0 Å². The summed E-state index contributed by atoms with van der Waals surface area (Å²) < 4.78 is 6.02. The van der Waals surface area contributed by atoms with Crippen molar-refractivity contribution in [2.75, 3.05) is 0 Å². The highest BCUT2D eigenvalue weighted by atomic mass is 16.5. The third kappa shape index (κ3) is 3.27. The van der Waals surface area contributed by atoms with Gasteiger partial charge < -0.3 is 10.5 Å². The lowest BCUT2D eigenvalue weighted by Gasteiger charge is -2.17. The zero-order valence-electron chi connectivity index (χ0n) is 12.8. The molecule has 1 aliphatic rings. The van der Waals surface area contributed by atoms with Crippen LogP contribution in [0.1, 0.15) is 41.1 Å². The van der Waals surface area contributed by atoms with Gasteiger partial charge in [-0.3, -0.25) is 0 Å². The molecule has 110 valence electrons. The lowest BCUT2D eigenvalue weighted by molar-refractivity contribution is 0.302. The van der Waals surface area contributed by atoms with Gasteiger partial charge in [0, 0.05) is 6.04 Å². The van der Waals surface area contributed by atoms with Gasteiger partial charge in [0.1, 0.15) is 12.4 Å². The largest absolute Gasteiger partial charge is 0.488 e. The average Bonchev–Trinajstić information content (AvgIpc) is 3.31. The molecule has 21 heavy (non-hydrogen) atoms. The van der Waals surface area contributed by atoms with E-state index in [0.717, 1.165) is 5.75 Å². The van der Waals surface area contributed by atoms with Crippen molar-refractivity contribution in [1.82, 2.24) is 0 Å². The number of aryl methyl sites for hydroxylation is 2. The minimum absolute atomic E-state index is 0.186. The molecule has 0 heterocycles. The topological polar surface area (TPSA) is 35.2 Å². The Labute approximate surface area is 126 Å². The van der Waals surface area contributed by atoms with E-state index < -0.39 is 0 Å². The first-order chi connectivity index (χ1) is 10.1. The first-order valence-electron chi connectivity index (χ1n) is 7.68. The summed E-state index contributed by atoms with van der Waals surface area (Å²) in [4.78, 5) is 0. The van der Waals surface area contributed by atoms with Gasteiger partial charge in [0.25, 0.3) is 0 Å². The summed E-state index contributed by atoms with van der Waals surface area (Å²) >= 11 is 0. The molecule has 1 atom stereocenters. The molecule has 1 fully saturated rings. The van der Waals surface area contributed by atoms with Gasteiger partial charge in [0.15, 0.2) is 0 Å². The first kappa shape index (κ1) is 14.2. The lowest BCUT2D eigenvalue weighted by Crippen LogP contribution is -2.13. The van der Waals surface area contributed by atoms with Gasteiger partial charge in [-0.15, -0.1) is 0 Å². The zero-order chi connectivity index (χ0) is 14.8. The summed E-state index contributed by atoms with van der Waals surface area (Å²) in [6.45, 7) is 4.82. The maximum Gasteiger partial charge on any atom is 0.125 e. The number of hydrogen-bond donors (Lipinski definition) is 1. The Hall–Kier alpha value is -1.80. The predicted octanol–water partition coefficient (Wildman–Crippen LogP) is 4.29. The molecule has 2 N–H and O–H groups in total. The predicted molar refractivity (Wildman–Crippen MR) is 86.3 cm³/mol. The maximum absolute atomic E-state index is 6.31. The molecular weight excluding hydrogens is 258 g/mol. The molecule has 1 unspecified atom stereocenters. The number of benzene rings is 2. The van der Waals surface area contributed by atoms with Crippen molar-refractivity contribution in [1.29, 1.82) is 0 Å². The van der Waals surface area contributed by atoms with Crippen LogP contribution in [-0.2, 0) is 6.61 Å². The molecule has 0 radical (unpaired) electrons. The van der Waals surface area contributed by atoms with Crippen molar-refractivity contribution >= 4 is 0 Å². The van der Waals surface area contributed by atoms with E-state index in [-0.39, 0.29) is 6.04 Å². The summed E-state index contributed by atoms with van der Waals surface area (Å²) in [6, 6.07) is 14.8. The smallest absolute Gasteiger partial charge is 0.125 e. The molecule has 3 rings (SSSR count). The van der Waals surface area contributed by atoms with Crippen molar-refractivity contribution < 1.29 is 4.74 Å². The Kier molecular flexibility index (Phi) is 3.98. The van der Waals surface area contributed by atoms with Crippen LogP contribution in [0.2, 0.25) is 0 Å². The molecule has 2 heteroatoms. The second-order valence-corrected chi connectivity index (χ2v) is 6.12. The first-order valence-corrected chi connectivity index (χ1v) is 7.68. The average molecular weight is 281 g/mol. The minimum atomic E-state index is 0.186. The molecule has 0 bridgehead atoms. The van der Waals surface area contributed by atoms with Crippen LogP contribution >= 0.6 is 0 Å². The van der Waals surface area contributed by atoms with E-state index >= 15 is 0 Å². The summed E-state index contributed by atoms with van der Waals surface area (Å²) in [5.41, 5.74) is 11.1. The van der Waals surface area contributed by atoms with E-state index in [1.54, 1.807) is 0 Å². The molecule has 0 saturated heterocycles. The summed E-state index contributed by atoms with van der Waals surface area (Å²) in [5.74, 6) is 1.67. The van der Waals surface area contributed by atoms with E-state index in [2.05, 4.69) is 38.1 Å². The van der Waals surface area contributed by atoms with E-state index in [0.29, 0.717) is 12.5 Å². The van der Waals surface area contributed by atoms with Gasteiger partial charge in [-0.25, -0.2) is 0 Å².